The molecule has 10 atom stereocenters. The van der Waals surface area contributed by atoms with E-state index in [1.165, 1.54) is 70.6 Å². The van der Waals surface area contributed by atoms with Gasteiger partial charge < -0.3 is 10.8 Å². The van der Waals surface area contributed by atoms with Crippen LogP contribution in [-0.2, 0) is 0 Å². The zero-order chi connectivity index (χ0) is 22.9. The number of hydrogen-bond donors (Lipinski definition) is 2. The number of aliphatic hydroxyl groups is 1. The first kappa shape index (κ1) is 24.9. The zero-order valence-corrected chi connectivity index (χ0v) is 23.2. The van der Waals surface area contributed by atoms with E-state index in [-0.39, 0.29) is 29.5 Å². The van der Waals surface area contributed by atoms with Crippen LogP contribution < -0.4 is 5.73 Å². The third kappa shape index (κ3) is 2.93. The molecule has 6 fully saturated rings. The highest BCUT2D eigenvalue weighted by Crippen LogP contribution is 2.77. The average molecular weight is 478 g/mol. The summed E-state index contributed by atoms with van der Waals surface area (Å²) in [5.41, 5.74) is 9.35. The summed E-state index contributed by atoms with van der Waals surface area (Å²) < 4.78 is 0. The summed E-state index contributed by atoms with van der Waals surface area (Å²) in [5, 5.41) is 10.9. The van der Waals surface area contributed by atoms with Crippen molar-refractivity contribution >= 4 is 12.4 Å². The van der Waals surface area contributed by atoms with Gasteiger partial charge in [-0.15, -0.1) is 12.4 Å². The van der Waals surface area contributed by atoms with Gasteiger partial charge in [0.1, 0.15) is 0 Å². The minimum atomic E-state index is -0.122. The van der Waals surface area contributed by atoms with Crippen LogP contribution in [0.5, 0.6) is 0 Å². The third-order valence-corrected chi connectivity index (χ3v) is 14.4. The quantitative estimate of drug-likeness (QED) is 0.414. The van der Waals surface area contributed by atoms with Gasteiger partial charge in [-0.05, 0) is 134 Å². The fourth-order valence-electron chi connectivity index (χ4n) is 12.0. The minimum absolute atomic E-state index is 0. The Labute approximate surface area is 210 Å². The Morgan fingerprint density at radius 3 is 2.00 bits per heavy atom. The largest absolute Gasteiger partial charge is 0.393 e. The second-order valence-electron chi connectivity index (χ2n) is 15.6. The molecule has 6 rings (SSSR count). The molecule has 2 nitrogen and oxygen atoms in total. The Hall–Kier alpha value is 0.210. The maximum Gasteiger partial charge on any atom is 0.0594 e. The molecule has 0 bridgehead atoms. The molecule has 0 amide bonds. The Kier molecular flexibility index (Phi) is 5.40. The number of halogens is 1. The van der Waals surface area contributed by atoms with Crippen molar-refractivity contribution in [3.63, 3.8) is 0 Å². The molecule has 0 unspecified atom stereocenters. The summed E-state index contributed by atoms with van der Waals surface area (Å²) in [6.07, 6.45) is 15.8. The SMILES string of the molecule is CC1([C@@H]2CC[C@]3(N)CC[C@]4(C)[C@H](CC[C@@H]5[C@@]6(C)CC[C@H](O)C(C)(C)[C@@H]6CC[C@]54C)[C@@H]23)CC1.Cl. The van der Waals surface area contributed by atoms with Crippen LogP contribution >= 0.6 is 12.4 Å². The number of aliphatic hydroxyl groups excluding tert-OH is 1. The van der Waals surface area contributed by atoms with Gasteiger partial charge in [-0.2, -0.15) is 0 Å². The van der Waals surface area contributed by atoms with Crippen molar-refractivity contribution in [2.24, 2.45) is 62.4 Å². The van der Waals surface area contributed by atoms with Crippen LogP contribution in [0.4, 0.5) is 0 Å². The Morgan fingerprint density at radius 2 is 1.33 bits per heavy atom. The standard InChI is InChI=1S/C30H51NO.ClH/c1-25(2)21-10-13-29(6)22(27(21,4)12-11-23(25)32)8-7-20-24-19(26(3)15-16-26)9-14-30(24,31)18-17-28(20,29)5;/h19-24,32H,7-18,31H2,1-6H3;1H/t19-,20-,21+,22-,23+,24-,27+,28-,29-,30+;/m1./s1. The molecular formula is C30H52ClNO. The number of fused-ring (bicyclic) bond motifs is 7. The minimum Gasteiger partial charge on any atom is -0.393 e. The van der Waals surface area contributed by atoms with Gasteiger partial charge in [0.05, 0.1) is 6.10 Å². The lowest BCUT2D eigenvalue weighted by atomic mass is 9.32. The molecule has 6 aliphatic rings. The van der Waals surface area contributed by atoms with E-state index < -0.39 is 0 Å². The van der Waals surface area contributed by atoms with Crippen molar-refractivity contribution < 1.29 is 5.11 Å². The average Bonchev–Trinajstić information content (AvgIpc) is 3.36. The molecule has 6 aliphatic carbocycles. The summed E-state index contributed by atoms with van der Waals surface area (Å²) in [4.78, 5) is 0. The first-order valence-electron chi connectivity index (χ1n) is 14.3. The van der Waals surface area contributed by atoms with E-state index in [1.807, 2.05) is 0 Å². The van der Waals surface area contributed by atoms with Crippen LogP contribution in [0.25, 0.3) is 0 Å². The molecule has 33 heavy (non-hydrogen) atoms. The Morgan fingerprint density at radius 1 is 0.636 bits per heavy atom. The van der Waals surface area contributed by atoms with Crippen LogP contribution in [0.15, 0.2) is 0 Å². The van der Waals surface area contributed by atoms with Gasteiger partial charge in [-0.25, -0.2) is 0 Å². The molecule has 0 saturated heterocycles. The highest BCUT2D eigenvalue weighted by molar-refractivity contribution is 5.85. The summed E-state index contributed by atoms with van der Waals surface area (Å²) >= 11 is 0. The van der Waals surface area contributed by atoms with Crippen molar-refractivity contribution in [2.75, 3.05) is 0 Å². The second-order valence-corrected chi connectivity index (χ2v) is 15.6. The predicted octanol–water partition coefficient (Wildman–Crippen LogP) is 7.36. The summed E-state index contributed by atoms with van der Waals surface area (Å²) in [5.74, 6) is 3.95. The lowest BCUT2D eigenvalue weighted by molar-refractivity contribution is -0.243. The molecule has 0 aromatic rings. The first-order valence-corrected chi connectivity index (χ1v) is 14.3. The van der Waals surface area contributed by atoms with Gasteiger partial charge in [0, 0.05) is 5.54 Å². The number of nitrogens with two attached hydrogens (primary N) is 1. The molecule has 190 valence electrons. The Balaban J connectivity index is 0.00000228. The molecule has 0 radical (unpaired) electrons. The van der Waals surface area contributed by atoms with Gasteiger partial charge in [-0.1, -0.05) is 41.5 Å². The number of rotatable bonds is 1. The first-order chi connectivity index (χ1) is 14.8. The Bertz CT molecular complexity index is 807. The monoisotopic (exact) mass is 477 g/mol. The molecule has 0 aliphatic heterocycles. The van der Waals surface area contributed by atoms with Gasteiger partial charge in [0.2, 0.25) is 0 Å². The topological polar surface area (TPSA) is 46.2 Å². The van der Waals surface area contributed by atoms with Gasteiger partial charge in [0.15, 0.2) is 0 Å². The summed E-state index contributed by atoms with van der Waals surface area (Å²) in [7, 11) is 0. The van der Waals surface area contributed by atoms with Crippen LogP contribution in [-0.4, -0.2) is 16.7 Å². The molecule has 3 N–H and O–H groups in total. The van der Waals surface area contributed by atoms with E-state index in [9.17, 15) is 5.11 Å². The van der Waals surface area contributed by atoms with Gasteiger partial charge >= 0.3 is 0 Å². The van der Waals surface area contributed by atoms with Crippen molar-refractivity contribution in [1.29, 1.82) is 0 Å². The molecule has 3 heteroatoms. The highest BCUT2D eigenvalue weighted by atomic mass is 35.5. The van der Waals surface area contributed by atoms with Crippen molar-refractivity contribution in [3.05, 3.63) is 0 Å². The fraction of sp³-hybridized carbons (Fsp3) is 1.00. The lowest BCUT2D eigenvalue weighted by Gasteiger charge is -2.73. The highest BCUT2D eigenvalue weighted by Gasteiger charge is 2.71. The van der Waals surface area contributed by atoms with E-state index in [4.69, 9.17) is 5.73 Å². The van der Waals surface area contributed by atoms with E-state index in [0.29, 0.717) is 27.6 Å². The van der Waals surface area contributed by atoms with Crippen LogP contribution in [0, 0.1) is 56.7 Å². The fourth-order valence-corrected chi connectivity index (χ4v) is 12.0. The molecule has 0 aromatic carbocycles. The summed E-state index contributed by atoms with van der Waals surface area (Å²) in [6, 6.07) is 0. The molecule has 6 saturated carbocycles. The van der Waals surface area contributed by atoms with Gasteiger partial charge in [-0.3, -0.25) is 0 Å². The molecule has 0 aromatic heterocycles. The zero-order valence-electron chi connectivity index (χ0n) is 22.4. The van der Waals surface area contributed by atoms with Crippen molar-refractivity contribution in [2.45, 2.75) is 130 Å². The van der Waals surface area contributed by atoms with Crippen LogP contribution in [0.3, 0.4) is 0 Å². The van der Waals surface area contributed by atoms with Crippen molar-refractivity contribution in [1.82, 2.24) is 0 Å². The lowest BCUT2D eigenvalue weighted by Crippen LogP contribution is -2.68. The third-order valence-electron chi connectivity index (χ3n) is 14.4. The van der Waals surface area contributed by atoms with E-state index >= 15 is 0 Å². The maximum atomic E-state index is 10.9. The second kappa shape index (κ2) is 7.16. The van der Waals surface area contributed by atoms with Crippen LogP contribution in [0.1, 0.15) is 119 Å². The normalized spacial score (nSPS) is 58.2. The van der Waals surface area contributed by atoms with E-state index in [1.54, 1.807) is 0 Å². The van der Waals surface area contributed by atoms with E-state index in [2.05, 4.69) is 41.5 Å². The smallest absolute Gasteiger partial charge is 0.0594 e. The molecule has 0 heterocycles. The molecule has 0 spiro atoms. The van der Waals surface area contributed by atoms with Crippen molar-refractivity contribution in [3.8, 4) is 0 Å². The predicted molar refractivity (Wildman–Crippen MR) is 139 cm³/mol. The van der Waals surface area contributed by atoms with E-state index in [0.717, 1.165) is 30.1 Å². The molecular weight excluding hydrogens is 426 g/mol. The summed E-state index contributed by atoms with van der Waals surface area (Å²) in [6.45, 7) is 15.5. The van der Waals surface area contributed by atoms with Gasteiger partial charge in [0.25, 0.3) is 0 Å². The maximum absolute atomic E-state index is 10.9. The number of hydrogen-bond acceptors (Lipinski definition) is 2. The van der Waals surface area contributed by atoms with Crippen LogP contribution in [0.2, 0.25) is 0 Å².